The molecule has 2 amide bonds. The molecule has 1 fully saturated rings. The van der Waals surface area contributed by atoms with Gasteiger partial charge in [-0.1, -0.05) is 17.7 Å². The molecule has 216 valence electrons. The lowest BCUT2D eigenvalue weighted by atomic mass is 9.93. The molecule has 2 atom stereocenters. The SMILES string of the molecule is CCOC(=O)NC[C@H]1CCC(=O)N1CC1=C(c2ccn(C(F)F)n2)[C@H](c2ccc(F)cc2Cl)N=C(c2nccs2)N1. The van der Waals surface area contributed by atoms with E-state index in [0.717, 1.165) is 12.3 Å². The van der Waals surface area contributed by atoms with Crippen LogP contribution in [0.5, 0.6) is 0 Å². The number of alkyl halides is 2. The summed E-state index contributed by atoms with van der Waals surface area (Å²) in [6.07, 6.45) is 2.91. The first-order valence-electron chi connectivity index (χ1n) is 12.7. The number of alkyl carbamates (subject to hydrolysis) is 1. The lowest BCUT2D eigenvalue weighted by Crippen LogP contribution is -2.45. The standard InChI is InChI=1S/C26H25ClF3N7O3S/c1-2-40-26(39)32-12-15-4-6-20(38)36(15)13-19-21(18-7-9-37(35-18)25(29)30)22(16-5-3-14(28)11-17(16)27)34-23(33-19)24-31-8-10-41-24/h3,5,7-11,15,22,25H,2,4,6,12-13H2,1H3,(H,32,39)(H,33,34)/t15-,22+/m1/s1. The van der Waals surface area contributed by atoms with Gasteiger partial charge < -0.3 is 20.3 Å². The quantitative estimate of drug-likeness (QED) is 0.362. The van der Waals surface area contributed by atoms with Crippen LogP contribution in [0.15, 0.2) is 52.7 Å². The number of nitrogens with one attached hydrogen (secondary N) is 2. The first-order valence-corrected chi connectivity index (χ1v) is 14.0. The number of rotatable bonds is 9. The third-order valence-electron chi connectivity index (χ3n) is 6.64. The van der Waals surface area contributed by atoms with E-state index < -0.39 is 24.5 Å². The Hall–Kier alpha value is -3.91. The molecule has 10 nitrogen and oxygen atoms in total. The maximum Gasteiger partial charge on any atom is 0.407 e. The monoisotopic (exact) mass is 607 g/mol. The number of thiazole rings is 1. The van der Waals surface area contributed by atoms with E-state index in [1.54, 1.807) is 23.4 Å². The summed E-state index contributed by atoms with van der Waals surface area (Å²) in [5.74, 6) is -0.337. The zero-order valence-electron chi connectivity index (χ0n) is 21.7. The van der Waals surface area contributed by atoms with Gasteiger partial charge in [-0.15, -0.1) is 11.3 Å². The number of benzene rings is 1. The molecule has 2 aromatic heterocycles. The molecule has 2 N–H and O–H groups in total. The number of aliphatic imine (C=N–C) groups is 1. The van der Waals surface area contributed by atoms with Gasteiger partial charge in [-0.05, 0) is 31.5 Å². The molecule has 5 rings (SSSR count). The molecule has 0 saturated carbocycles. The number of hydrogen-bond donors (Lipinski definition) is 2. The average molecular weight is 608 g/mol. The lowest BCUT2D eigenvalue weighted by molar-refractivity contribution is -0.128. The molecule has 0 unspecified atom stereocenters. The summed E-state index contributed by atoms with van der Waals surface area (Å²) in [6.45, 7) is -0.811. The molecular weight excluding hydrogens is 583 g/mol. The molecule has 1 saturated heterocycles. The number of carbonyl (C=O) groups excluding carboxylic acids is 2. The first kappa shape index (κ1) is 28.6. The summed E-state index contributed by atoms with van der Waals surface area (Å²) in [5.41, 5.74) is 1.42. The molecule has 15 heteroatoms. The maximum atomic E-state index is 14.0. The fourth-order valence-electron chi connectivity index (χ4n) is 4.78. The molecule has 2 aliphatic rings. The molecule has 0 aliphatic carbocycles. The zero-order chi connectivity index (χ0) is 29.1. The molecule has 0 radical (unpaired) electrons. The van der Waals surface area contributed by atoms with Crippen molar-refractivity contribution in [3.05, 3.63) is 74.8 Å². The highest BCUT2D eigenvalue weighted by Crippen LogP contribution is 2.41. The smallest absolute Gasteiger partial charge is 0.407 e. The zero-order valence-corrected chi connectivity index (χ0v) is 23.3. The average Bonchev–Trinajstić information content (AvgIpc) is 3.70. The Morgan fingerprint density at radius 2 is 2.17 bits per heavy atom. The summed E-state index contributed by atoms with van der Waals surface area (Å²) < 4.78 is 46.5. The Morgan fingerprint density at radius 3 is 2.85 bits per heavy atom. The highest BCUT2D eigenvalue weighted by Gasteiger charge is 2.36. The number of nitrogens with zero attached hydrogens (tertiary/aromatic N) is 5. The highest BCUT2D eigenvalue weighted by atomic mass is 35.5. The van der Waals surface area contributed by atoms with Gasteiger partial charge in [-0.25, -0.2) is 18.9 Å². The number of amidine groups is 1. The summed E-state index contributed by atoms with van der Waals surface area (Å²) in [6, 6.07) is 4.03. The van der Waals surface area contributed by atoms with E-state index in [1.165, 1.54) is 29.5 Å². The van der Waals surface area contributed by atoms with Crippen LogP contribution in [0.4, 0.5) is 18.0 Å². The van der Waals surface area contributed by atoms with Crippen molar-refractivity contribution in [3.8, 4) is 0 Å². The molecule has 0 spiro atoms. The largest absolute Gasteiger partial charge is 0.450 e. The summed E-state index contributed by atoms with van der Waals surface area (Å²) >= 11 is 7.80. The van der Waals surface area contributed by atoms with Crippen LogP contribution in [0.1, 0.15) is 48.6 Å². The van der Waals surface area contributed by atoms with Gasteiger partial charge in [0.2, 0.25) is 5.91 Å². The summed E-state index contributed by atoms with van der Waals surface area (Å²) in [7, 11) is 0. The predicted octanol–water partition coefficient (Wildman–Crippen LogP) is 4.77. The second-order valence-electron chi connectivity index (χ2n) is 9.17. The van der Waals surface area contributed by atoms with Crippen LogP contribution in [-0.2, 0) is 9.53 Å². The van der Waals surface area contributed by atoms with Crippen LogP contribution in [0, 0.1) is 5.82 Å². The van der Waals surface area contributed by atoms with E-state index in [0.29, 0.717) is 38.8 Å². The van der Waals surface area contributed by atoms with Crippen molar-refractivity contribution in [2.24, 2.45) is 4.99 Å². The molecule has 2 aliphatic heterocycles. The number of carbonyl (C=O) groups is 2. The Bertz CT molecular complexity index is 1490. The Kier molecular flexibility index (Phi) is 8.59. The number of aromatic nitrogens is 3. The molecule has 0 bridgehead atoms. The lowest BCUT2D eigenvalue weighted by Gasteiger charge is -2.32. The Morgan fingerprint density at radius 1 is 1.34 bits per heavy atom. The van der Waals surface area contributed by atoms with E-state index in [4.69, 9.17) is 21.3 Å². The van der Waals surface area contributed by atoms with E-state index in [2.05, 4.69) is 20.7 Å². The number of amides is 2. The van der Waals surface area contributed by atoms with E-state index in [9.17, 15) is 22.8 Å². The van der Waals surface area contributed by atoms with Crippen LogP contribution in [0.2, 0.25) is 5.02 Å². The molecular formula is C26H25ClF3N7O3S. The van der Waals surface area contributed by atoms with Crippen molar-refractivity contribution in [1.29, 1.82) is 0 Å². The van der Waals surface area contributed by atoms with E-state index in [1.807, 2.05) is 0 Å². The van der Waals surface area contributed by atoms with Crippen molar-refractivity contribution in [2.75, 3.05) is 19.7 Å². The van der Waals surface area contributed by atoms with Gasteiger partial charge >= 0.3 is 12.6 Å². The summed E-state index contributed by atoms with van der Waals surface area (Å²) in [5, 5.41) is 12.4. The van der Waals surface area contributed by atoms with Crippen LogP contribution >= 0.6 is 22.9 Å². The first-order chi connectivity index (χ1) is 19.7. The van der Waals surface area contributed by atoms with Crippen molar-refractivity contribution in [2.45, 2.75) is 38.4 Å². The number of ether oxygens (including phenoxy) is 1. The topological polar surface area (TPSA) is 114 Å². The fourth-order valence-corrected chi connectivity index (χ4v) is 5.64. The van der Waals surface area contributed by atoms with Crippen molar-refractivity contribution in [1.82, 2.24) is 30.3 Å². The van der Waals surface area contributed by atoms with Crippen LogP contribution in [0.25, 0.3) is 5.57 Å². The molecule has 41 heavy (non-hydrogen) atoms. The predicted molar refractivity (Wildman–Crippen MR) is 146 cm³/mol. The summed E-state index contributed by atoms with van der Waals surface area (Å²) in [4.78, 5) is 35.7. The van der Waals surface area contributed by atoms with Gasteiger partial charge in [0.1, 0.15) is 11.9 Å². The van der Waals surface area contributed by atoms with Crippen molar-refractivity contribution >= 4 is 46.3 Å². The molecule has 4 heterocycles. The Labute approximate surface area is 241 Å². The molecule has 1 aromatic carbocycles. The van der Waals surface area contributed by atoms with Crippen molar-refractivity contribution in [3.63, 3.8) is 0 Å². The maximum absolute atomic E-state index is 14.0. The minimum atomic E-state index is -2.88. The van der Waals surface area contributed by atoms with Crippen LogP contribution in [-0.4, -0.2) is 63.2 Å². The van der Waals surface area contributed by atoms with Gasteiger partial charge in [-0.3, -0.25) is 9.79 Å². The second-order valence-corrected chi connectivity index (χ2v) is 10.5. The minimum absolute atomic E-state index is 0.0184. The highest BCUT2D eigenvalue weighted by molar-refractivity contribution is 7.11. The van der Waals surface area contributed by atoms with Crippen molar-refractivity contribution < 1.29 is 27.5 Å². The van der Waals surface area contributed by atoms with Crippen LogP contribution < -0.4 is 10.6 Å². The van der Waals surface area contributed by atoms with E-state index >= 15 is 0 Å². The van der Waals surface area contributed by atoms with Gasteiger partial charge in [-0.2, -0.15) is 13.9 Å². The minimum Gasteiger partial charge on any atom is -0.450 e. The number of likely N-dealkylation sites (tertiary alicyclic amines) is 1. The normalized spacial score (nSPS) is 19.0. The van der Waals surface area contributed by atoms with Gasteiger partial charge in [0.25, 0.3) is 0 Å². The molecule has 3 aromatic rings. The fraction of sp³-hybridized carbons (Fsp3) is 0.346. The van der Waals surface area contributed by atoms with Gasteiger partial charge in [0.15, 0.2) is 10.8 Å². The Balaban J connectivity index is 1.60. The van der Waals surface area contributed by atoms with E-state index in [-0.39, 0.29) is 48.8 Å². The van der Waals surface area contributed by atoms with Crippen LogP contribution in [0.3, 0.4) is 0 Å². The second kappa shape index (κ2) is 12.3. The van der Waals surface area contributed by atoms with Gasteiger partial charge in [0, 0.05) is 52.6 Å². The van der Waals surface area contributed by atoms with Gasteiger partial charge in [0.05, 0.1) is 24.9 Å². The number of halogens is 4. The third-order valence-corrected chi connectivity index (χ3v) is 7.75. The third kappa shape index (κ3) is 6.22. The number of hydrogen-bond acceptors (Lipinski definition) is 8.